The minimum absolute atomic E-state index is 0.127. The number of nitrogens with one attached hydrogen (secondary N) is 1. The number of allylic oxidation sites excluding steroid dienone is 1. The number of carbonyl (C=O) groups excluding carboxylic acids is 1. The summed E-state index contributed by atoms with van der Waals surface area (Å²) in [5.74, 6) is 1.70. The van der Waals surface area contributed by atoms with Gasteiger partial charge in [0, 0.05) is 18.7 Å². The molecular formula is C23H23N5O4S. The number of para-hydroxylation sites is 1. The summed E-state index contributed by atoms with van der Waals surface area (Å²) in [6.45, 7) is 4.32. The summed E-state index contributed by atoms with van der Waals surface area (Å²) in [7, 11) is 3.16. The topological polar surface area (TPSA) is 99.8 Å². The number of aromatic nitrogens is 4. The molecule has 10 heteroatoms. The zero-order valence-electron chi connectivity index (χ0n) is 18.3. The zero-order valence-corrected chi connectivity index (χ0v) is 19.1. The molecule has 0 aliphatic carbocycles. The highest BCUT2D eigenvalue weighted by molar-refractivity contribution is 7.99. The Bertz CT molecular complexity index is 1400. The van der Waals surface area contributed by atoms with Crippen LogP contribution in [0.1, 0.15) is 5.56 Å². The summed E-state index contributed by atoms with van der Waals surface area (Å²) in [5.41, 5.74) is 1.33. The Morgan fingerprint density at radius 2 is 2.00 bits per heavy atom. The molecule has 0 saturated carbocycles. The molecule has 1 N–H and O–H groups in total. The van der Waals surface area contributed by atoms with E-state index in [9.17, 15) is 9.59 Å². The van der Waals surface area contributed by atoms with E-state index >= 15 is 0 Å². The van der Waals surface area contributed by atoms with Crippen LogP contribution in [-0.4, -0.2) is 45.0 Å². The third-order valence-corrected chi connectivity index (χ3v) is 6.01. The summed E-state index contributed by atoms with van der Waals surface area (Å²) < 4.78 is 13.9. The maximum atomic E-state index is 12.9. The number of fused-ring (bicyclic) bond motifs is 3. The molecule has 0 radical (unpaired) electrons. The van der Waals surface area contributed by atoms with Gasteiger partial charge in [-0.3, -0.25) is 18.6 Å². The van der Waals surface area contributed by atoms with Crippen molar-refractivity contribution in [2.75, 3.05) is 20.0 Å². The number of methoxy groups -OCH3 is 2. The minimum atomic E-state index is -0.176. The summed E-state index contributed by atoms with van der Waals surface area (Å²) >= 11 is 1.25. The van der Waals surface area contributed by atoms with E-state index < -0.39 is 0 Å². The molecule has 0 spiro atoms. The molecule has 0 aliphatic rings. The van der Waals surface area contributed by atoms with Crippen molar-refractivity contribution in [3.63, 3.8) is 0 Å². The van der Waals surface area contributed by atoms with E-state index in [1.807, 2.05) is 24.3 Å². The first-order chi connectivity index (χ1) is 16.1. The van der Waals surface area contributed by atoms with Crippen LogP contribution in [0.15, 0.2) is 65.1 Å². The largest absolute Gasteiger partial charge is 0.497 e. The number of carbonyl (C=O) groups is 1. The third kappa shape index (κ3) is 4.42. The van der Waals surface area contributed by atoms with Crippen molar-refractivity contribution in [2.24, 2.45) is 0 Å². The van der Waals surface area contributed by atoms with Gasteiger partial charge in [0.05, 0.1) is 30.9 Å². The summed E-state index contributed by atoms with van der Waals surface area (Å²) in [4.78, 5) is 25.4. The standard InChI is InChI=1S/C23H23N5O4S/c1-4-11-27-21(30)17-7-5-6-8-18(17)28-22(27)25-26-23(28)33-14-20(29)24-13-15-12-16(31-2)9-10-19(15)32-3/h4-10,12H,1,11,13-14H2,2-3H3,(H,24,29). The highest BCUT2D eigenvalue weighted by Gasteiger charge is 2.17. The quantitative estimate of drug-likeness (QED) is 0.300. The number of hydrogen-bond donors (Lipinski definition) is 1. The average Bonchev–Trinajstić information content (AvgIpc) is 3.27. The Morgan fingerprint density at radius 3 is 2.76 bits per heavy atom. The number of ether oxygens (including phenoxy) is 2. The van der Waals surface area contributed by atoms with Gasteiger partial charge in [-0.2, -0.15) is 0 Å². The SMILES string of the molecule is C=CCn1c(=O)c2ccccc2n2c(SCC(=O)NCc3cc(OC)ccc3OC)nnc12. The van der Waals surface area contributed by atoms with Crippen molar-refractivity contribution >= 4 is 34.3 Å². The second-order valence-corrected chi connectivity index (χ2v) is 8.03. The molecule has 170 valence electrons. The van der Waals surface area contributed by atoms with Crippen molar-refractivity contribution in [2.45, 2.75) is 18.2 Å². The molecule has 4 aromatic rings. The van der Waals surface area contributed by atoms with Gasteiger partial charge in [-0.05, 0) is 30.3 Å². The predicted octanol–water partition coefficient (Wildman–Crippen LogP) is 2.66. The Morgan fingerprint density at radius 1 is 1.18 bits per heavy atom. The maximum Gasteiger partial charge on any atom is 0.263 e. The first kappa shape index (κ1) is 22.4. The molecule has 2 aromatic carbocycles. The fourth-order valence-electron chi connectivity index (χ4n) is 3.52. The second-order valence-electron chi connectivity index (χ2n) is 7.08. The fraction of sp³-hybridized carbons (Fsp3) is 0.217. The maximum absolute atomic E-state index is 12.9. The van der Waals surface area contributed by atoms with Gasteiger partial charge in [-0.1, -0.05) is 30.0 Å². The molecule has 0 aliphatic heterocycles. The van der Waals surface area contributed by atoms with Gasteiger partial charge in [0.25, 0.3) is 5.56 Å². The zero-order chi connectivity index (χ0) is 23.4. The molecule has 0 fully saturated rings. The van der Waals surface area contributed by atoms with Crippen molar-refractivity contribution in [1.82, 2.24) is 24.5 Å². The molecule has 9 nitrogen and oxygen atoms in total. The van der Waals surface area contributed by atoms with Gasteiger partial charge in [0.1, 0.15) is 11.5 Å². The van der Waals surface area contributed by atoms with Crippen molar-refractivity contribution < 1.29 is 14.3 Å². The molecule has 0 bridgehead atoms. The lowest BCUT2D eigenvalue weighted by molar-refractivity contribution is -0.118. The van der Waals surface area contributed by atoms with Crippen LogP contribution in [0.2, 0.25) is 0 Å². The van der Waals surface area contributed by atoms with E-state index in [0.29, 0.717) is 46.4 Å². The van der Waals surface area contributed by atoms with Crippen molar-refractivity contribution in [3.8, 4) is 11.5 Å². The monoisotopic (exact) mass is 465 g/mol. The number of thioether (sulfide) groups is 1. The minimum Gasteiger partial charge on any atom is -0.497 e. The number of benzene rings is 2. The molecular weight excluding hydrogens is 442 g/mol. The van der Waals surface area contributed by atoms with Crippen LogP contribution in [0.5, 0.6) is 11.5 Å². The van der Waals surface area contributed by atoms with E-state index in [-0.39, 0.29) is 17.2 Å². The molecule has 33 heavy (non-hydrogen) atoms. The lowest BCUT2D eigenvalue weighted by atomic mass is 10.2. The van der Waals surface area contributed by atoms with E-state index in [2.05, 4.69) is 22.1 Å². The molecule has 2 aromatic heterocycles. The van der Waals surface area contributed by atoms with E-state index in [0.717, 1.165) is 5.56 Å². The lowest BCUT2D eigenvalue weighted by Crippen LogP contribution is -2.25. The van der Waals surface area contributed by atoms with E-state index in [4.69, 9.17) is 9.47 Å². The molecule has 2 heterocycles. The van der Waals surface area contributed by atoms with E-state index in [1.54, 1.807) is 42.9 Å². The van der Waals surface area contributed by atoms with Gasteiger partial charge in [0.15, 0.2) is 5.16 Å². The number of nitrogens with zero attached hydrogens (tertiary/aromatic N) is 4. The van der Waals surface area contributed by atoms with Crippen LogP contribution in [0.4, 0.5) is 0 Å². The smallest absolute Gasteiger partial charge is 0.263 e. The second kappa shape index (κ2) is 9.78. The van der Waals surface area contributed by atoms with Gasteiger partial charge in [-0.15, -0.1) is 16.8 Å². The predicted molar refractivity (Wildman–Crippen MR) is 127 cm³/mol. The van der Waals surface area contributed by atoms with Crippen LogP contribution in [0, 0.1) is 0 Å². The van der Waals surface area contributed by atoms with Crippen molar-refractivity contribution in [1.29, 1.82) is 0 Å². The Kier molecular flexibility index (Phi) is 6.64. The van der Waals surface area contributed by atoms with Crippen molar-refractivity contribution in [3.05, 3.63) is 71.0 Å². The van der Waals surface area contributed by atoms with E-state index in [1.165, 1.54) is 16.3 Å². The van der Waals surface area contributed by atoms with Gasteiger partial charge in [-0.25, -0.2) is 0 Å². The number of rotatable bonds is 9. The van der Waals surface area contributed by atoms with Gasteiger partial charge in [0.2, 0.25) is 11.7 Å². The van der Waals surface area contributed by atoms with Gasteiger partial charge < -0.3 is 14.8 Å². The lowest BCUT2D eigenvalue weighted by Gasteiger charge is -2.11. The van der Waals surface area contributed by atoms with Crippen LogP contribution in [-0.2, 0) is 17.9 Å². The Hall–Kier alpha value is -3.79. The molecule has 0 saturated heterocycles. The van der Waals surface area contributed by atoms with Crippen LogP contribution < -0.4 is 20.3 Å². The highest BCUT2D eigenvalue weighted by atomic mass is 32.2. The Labute approximate surface area is 194 Å². The fourth-order valence-corrected chi connectivity index (χ4v) is 4.29. The first-order valence-corrected chi connectivity index (χ1v) is 11.1. The van der Waals surface area contributed by atoms with Crippen LogP contribution in [0.25, 0.3) is 16.7 Å². The number of hydrogen-bond acceptors (Lipinski definition) is 7. The normalized spacial score (nSPS) is 11.0. The summed E-state index contributed by atoms with van der Waals surface area (Å²) in [5, 5.41) is 12.4. The molecule has 0 unspecified atom stereocenters. The highest BCUT2D eigenvalue weighted by Crippen LogP contribution is 2.24. The first-order valence-electron chi connectivity index (χ1n) is 10.1. The molecule has 1 amide bonds. The van der Waals surface area contributed by atoms with Crippen LogP contribution in [0.3, 0.4) is 0 Å². The Balaban J connectivity index is 1.55. The third-order valence-electron chi connectivity index (χ3n) is 5.09. The molecule has 4 rings (SSSR count). The van der Waals surface area contributed by atoms with Gasteiger partial charge >= 0.3 is 0 Å². The summed E-state index contributed by atoms with van der Waals surface area (Å²) in [6, 6.07) is 12.7. The summed E-state index contributed by atoms with van der Waals surface area (Å²) in [6.07, 6.45) is 1.64. The average molecular weight is 466 g/mol. The van der Waals surface area contributed by atoms with Crippen LogP contribution >= 0.6 is 11.8 Å². The molecule has 0 atom stereocenters. The number of amides is 1.